The summed E-state index contributed by atoms with van der Waals surface area (Å²) < 4.78 is 26.3. The molecule has 1 aromatic rings. The van der Waals surface area contributed by atoms with Gasteiger partial charge in [-0.2, -0.15) is 4.31 Å². The van der Waals surface area contributed by atoms with Crippen LogP contribution in [-0.4, -0.2) is 42.0 Å². The summed E-state index contributed by atoms with van der Waals surface area (Å²) in [5, 5.41) is 9.73. The van der Waals surface area contributed by atoms with Crippen molar-refractivity contribution in [1.29, 1.82) is 0 Å². The number of anilines is 1. The zero-order chi connectivity index (χ0) is 14.0. The number of nitrogen functional groups attached to an aromatic ring is 1. The lowest BCUT2D eigenvalue weighted by Crippen LogP contribution is -2.36. The van der Waals surface area contributed by atoms with Gasteiger partial charge in [0.2, 0.25) is 10.0 Å². The molecule has 0 radical (unpaired) electrons. The second-order valence-corrected chi connectivity index (χ2v) is 6.82. The maximum Gasteiger partial charge on any atom is 0.244 e. The summed E-state index contributed by atoms with van der Waals surface area (Å²) in [4.78, 5) is 4.02. The van der Waals surface area contributed by atoms with Gasteiger partial charge in [-0.25, -0.2) is 13.4 Å². The highest BCUT2D eigenvalue weighted by molar-refractivity contribution is 7.89. The van der Waals surface area contributed by atoms with E-state index in [2.05, 4.69) is 4.98 Å². The minimum absolute atomic E-state index is 0.133. The fourth-order valence-corrected chi connectivity index (χ4v) is 3.70. The standard InChI is InChI=1S/C12H19N3O3S/c1-9-6-11(7-14-12(9)13)19(17,18)15-5-3-2-4-10(16)8-15/h6-7,10,16H,2-5,8H2,1H3,(H2,13,14). The second kappa shape index (κ2) is 5.44. The van der Waals surface area contributed by atoms with E-state index in [1.54, 1.807) is 6.92 Å². The number of hydrogen-bond acceptors (Lipinski definition) is 5. The van der Waals surface area contributed by atoms with E-state index in [0.717, 1.165) is 12.8 Å². The molecule has 0 amide bonds. The minimum Gasteiger partial charge on any atom is -0.392 e. The first-order valence-corrected chi connectivity index (χ1v) is 7.75. The lowest BCUT2D eigenvalue weighted by molar-refractivity contribution is 0.148. The normalized spacial score (nSPS) is 22.1. The molecule has 19 heavy (non-hydrogen) atoms. The monoisotopic (exact) mass is 285 g/mol. The van der Waals surface area contributed by atoms with Crippen LogP contribution in [0, 0.1) is 6.92 Å². The van der Waals surface area contributed by atoms with Crippen LogP contribution in [0.5, 0.6) is 0 Å². The topological polar surface area (TPSA) is 96.5 Å². The molecule has 0 aliphatic carbocycles. The lowest BCUT2D eigenvalue weighted by Gasteiger charge is -2.21. The number of nitrogens with zero attached hydrogens (tertiary/aromatic N) is 2. The quantitative estimate of drug-likeness (QED) is 0.825. The van der Waals surface area contributed by atoms with Crippen LogP contribution in [-0.2, 0) is 10.0 Å². The van der Waals surface area contributed by atoms with Crippen molar-refractivity contribution in [2.24, 2.45) is 0 Å². The fourth-order valence-electron chi connectivity index (χ4n) is 2.15. The van der Waals surface area contributed by atoms with E-state index >= 15 is 0 Å². The largest absolute Gasteiger partial charge is 0.392 e. The molecule has 1 aromatic heterocycles. The predicted octanol–water partition coefficient (Wildman–Crippen LogP) is 0.508. The maximum atomic E-state index is 12.5. The van der Waals surface area contributed by atoms with Crippen molar-refractivity contribution in [2.45, 2.75) is 37.2 Å². The summed E-state index contributed by atoms with van der Waals surface area (Å²) in [5.41, 5.74) is 6.23. The van der Waals surface area contributed by atoms with Crippen LogP contribution < -0.4 is 5.73 Å². The molecule has 1 saturated heterocycles. The minimum atomic E-state index is -3.60. The van der Waals surface area contributed by atoms with Gasteiger partial charge in [0.25, 0.3) is 0 Å². The van der Waals surface area contributed by atoms with Gasteiger partial charge in [-0.15, -0.1) is 0 Å². The molecule has 1 atom stereocenters. The van der Waals surface area contributed by atoms with Crippen molar-refractivity contribution in [3.8, 4) is 0 Å². The van der Waals surface area contributed by atoms with E-state index in [9.17, 15) is 13.5 Å². The van der Waals surface area contributed by atoms with Gasteiger partial charge in [-0.3, -0.25) is 0 Å². The van der Waals surface area contributed by atoms with Gasteiger partial charge in [0.1, 0.15) is 10.7 Å². The molecular formula is C12H19N3O3S. The summed E-state index contributed by atoms with van der Waals surface area (Å²) in [6.07, 6.45) is 2.92. The average Bonchev–Trinajstić information content (AvgIpc) is 2.57. The van der Waals surface area contributed by atoms with E-state index < -0.39 is 16.1 Å². The third-order valence-electron chi connectivity index (χ3n) is 3.34. The number of nitrogens with two attached hydrogens (primary N) is 1. The van der Waals surface area contributed by atoms with Crippen LogP contribution >= 0.6 is 0 Å². The first kappa shape index (κ1) is 14.2. The summed E-state index contributed by atoms with van der Waals surface area (Å²) in [6.45, 7) is 2.30. The number of aliphatic hydroxyl groups is 1. The van der Waals surface area contributed by atoms with E-state index in [1.165, 1.54) is 16.6 Å². The number of rotatable bonds is 2. The molecule has 2 heterocycles. The molecule has 1 fully saturated rings. The van der Waals surface area contributed by atoms with Crippen molar-refractivity contribution in [3.05, 3.63) is 17.8 Å². The Labute approximate surface area is 113 Å². The molecule has 0 saturated carbocycles. The molecule has 0 aromatic carbocycles. The number of aliphatic hydroxyl groups excluding tert-OH is 1. The van der Waals surface area contributed by atoms with Gasteiger partial charge in [0.05, 0.1) is 6.10 Å². The third kappa shape index (κ3) is 3.05. The molecular weight excluding hydrogens is 266 g/mol. The summed E-state index contributed by atoms with van der Waals surface area (Å²) in [7, 11) is -3.60. The van der Waals surface area contributed by atoms with Crippen LogP contribution in [0.2, 0.25) is 0 Å². The van der Waals surface area contributed by atoms with Gasteiger partial charge >= 0.3 is 0 Å². The van der Waals surface area contributed by atoms with Gasteiger partial charge in [0, 0.05) is 19.3 Å². The predicted molar refractivity (Wildman–Crippen MR) is 72.0 cm³/mol. The van der Waals surface area contributed by atoms with Crippen molar-refractivity contribution < 1.29 is 13.5 Å². The van der Waals surface area contributed by atoms with Gasteiger partial charge in [-0.05, 0) is 37.8 Å². The Morgan fingerprint density at radius 3 is 2.89 bits per heavy atom. The summed E-state index contributed by atoms with van der Waals surface area (Å²) in [5.74, 6) is 0.329. The molecule has 3 N–H and O–H groups in total. The van der Waals surface area contributed by atoms with E-state index in [1.807, 2.05) is 0 Å². The summed E-state index contributed by atoms with van der Waals surface area (Å²) in [6, 6.07) is 1.52. The number of aryl methyl sites for hydroxylation is 1. The van der Waals surface area contributed by atoms with Crippen LogP contribution in [0.3, 0.4) is 0 Å². The molecule has 1 aliphatic heterocycles. The van der Waals surface area contributed by atoms with Gasteiger partial charge in [0.15, 0.2) is 0 Å². The van der Waals surface area contributed by atoms with E-state index in [0.29, 0.717) is 24.3 Å². The summed E-state index contributed by atoms with van der Waals surface area (Å²) >= 11 is 0. The SMILES string of the molecule is Cc1cc(S(=O)(=O)N2CCCCC(O)C2)cnc1N. The molecule has 0 bridgehead atoms. The third-order valence-corrected chi connectivity index (χ3v) is 5.17. The van der Waals surface area contributed by atoms with E-state index in [4.69, 9.17) is 5.73 Å². The smallest absolute Gasteiger partial charge is 0.244 e. The van der Waals surface area contributed by atoms with Crippen molar-refractivity contribution in [2.75, 3.05) is 18.8 Å². The highest BCUT2D eigenvalue weighted by Gasteiger charge is 2.28. The highest BCUT2D eigenvalue weighted by atomic mass is 32.2. The van der Waals surface area contributed by atoms with Crippen LogP contribution in [0.25, 0.3) is 0 Å². The molecule has 0 spiro atoms. The van der Waals surface area contributed by atoms with Crippen molar-refractivity contribution in [3.63, 3.8) is 0 Å². The number of pyridine rings is 1. The number of β-amino-alcohol motifs (C(OH)–C–C–N with tert-alkyl or cyclic N) is 1. The van der Waals surface area contributed by atoms with E-state index in [-0.39, 0.29) is 11.4 Å². The zero-order valence-corrected chi connectivity index (χ0v) is 11.7. The number of sulfonamides is 1. The van der Waals surface area contributed by atoms with Crippen LogP contribution in [0.15, 0.2) is 17.2 Å². The van der Waals surface area contributed by atoms with Gasteiger partial charge < -0.3 is 10.8 Å². The molecule has 7 heteroatoms. The van der Waals surface area contributed by atoms with Crippen LogP contribution in [0.4, 0.5) is 5.82 Å². The zero-order valence-electron chi connectivity index (χ0n) is 10.9. The first-order valence-electron chi connectivity index (χ1n) is 6.31. The lowest BCUT2D eigenvalue weighted by atomic mass is 10.2. The molecule has 106 valence electrons. The Bertz CT molecular complexity index is 559. The molecule has 6 nitrogen and oxygen atoms in total. The van der Waals surface area contributed by atoms with Crippen molar-refractivity contribution in [1.82, 2.24) is 9.29 Å². The van der Waals surface area contributed by atoms with Gasteiger partial charge in [-0.1, -0.05) is 0 Å². The fraction of sp³-hybridized carbons (Fsp3) is 0.583. The van der Waals surface area contributed by atoms with Crippen molar-refractivity contribution >= 4 is 15.8 Å². The average molecular weight is 285 g/mol. The van der Waals surface area contributed by atoms with Crippen LogP contribution in [0.1, 0.15) is 24.8 Å². The second-order valence-electron chi connectivity index (χ2n) is 4.89. The Hall–Kier alpha value is -1.18. The Kier molecular flexibility index (Phi) is 4.07. The Morgan fingerprint density at radius 2 is 2.21 bits per heavy atom. The molecule has 2 rings (SSSR count). The number of aromatic nitrogens is 1. The number of hydrogen-bond donors (Lipinski definition) is 2. The Morgan fingerprint density at radius 1 is 1.47 bits per heavy atom. The molecule has 1 unspecified atom stereocenters. The first-order chi connectivity index (χ1) is 8.91. The molecule has 1 aliphatic rings. The Balaban J connectivity index is 2.32. The highest BCUT2D eigenvalue weighted by Crippen LogP contribution is 2.21. The maximum absolute atomic E-state index is 12.5.